The second-order valence-corrected chi connectivity index (χ2v) is 8.11. The van der Waals surface area contributed by atoms with Crippen molar-refractivity contribution in [2.45, 2.75) is 110 Å². The van der Waals surface area contributed by atoms with E-state index in [1.807, 2.05) is 18.3 Å². The van der Waals surface area contributed by atoms with Gasteiger partial charge in [-0.25, -0.2) is 0 Å². The summed E-state index contributed by atoms with van der Waals surface area (Å²) in [4.78, 5) is 4.53. The van der Waals surface area contributed by atoms with Crippen LogP contribution in [0.25, 0.3) is 0 Å². The molecule has 0 aromatic heterocycles. The van der Waals surface area contributed by atoms with Gasteiger partial charge in [-0.15, -0.1) is 0 Å². The van der Waals surface area contributed by atoms with Crippen molar-refractivity contribution in [2.75, 3.05) is 13.7 Å². The molecule has 0 heterocycles. The van der Waals surface area contributed by atoms with Crippen molar-refractivity contribution in [1.82, 2.24) is 0 Å². The maximum atomic E-state index is 5.17. The van der Waals surface area contributed by atoms with Gasteiger partial charge in [0.1, 0.15) is 5.75 Å². The number of nitrogens with zero attached hydrogens (tertiary/aromatic N) is 1. The zero-order chi connectivity index (χ0) is 20.1. The molecule has 0 N–H and O–H groups in total. The summed E-state index contributed by atoms with van der Waals surface area (Å²) in [5, 5.41) is 0. The molecule has 0 bridgehead atoms. The van der Waals surface area contributed by atoms with Gasteiger partial charge >= 0.3 is 0 Å². The fourth-order valence-corrected chi connectivity index (χ4v) is 3.61. The molecule has 0 spiro atoms. The minimum atomic E-state index is 0.898. The van der Waals surface area contributed by atoms with E-state index in [1.165, 1.54) is 103 Å². The molecular weight excluding hydrogens is 342 g/mol. The van der Waals surface area contributed by atoms with Gasteiger partial charge in [0.05, 0.1) is 7.11 Å². The Morgan fingerprint density at radius 3 is 1.50 bits per heavy atom. The average molecular weight is 388 g/mol. The molecule has 0 saturated heterocycles. The highest BCUT2D eigenvalue weighted by molar-refractivity contribution is 5.79. The first kappa shape index (κ1) is 24.7. The molecule has 2 heteroatoms. The first-order valence-electron chi connectivity index (χ1n) is 12.0. The van der Waals surface area contributed by atoms with Crippen LogP contribution in [-0.2, 0) is 0 Å². The Bertz CT molecular complexity index is 466. The van der Waals surface area contributed by atoms with E-state index in [-0.39, 0.29) is 0 Å². The lowest BCUT2D eigenvalue weighted by Gasteiger charge is -2.03. The van der Waals surface area contributed by atoms with Gasteiger partial charge in [-0.05, 0) is 36.2 Å². The SMILES string of the molecule is CCCCCCCCCCCCCCCCCCN=Cc1ccc(OC)cc1. The lowest BCUT2D eigenvalue weighted by molar-refractivity contribution is 0.415. The molecule has 0 atom stereocenters. The summed E-state index contributed by atoms with van der Waals surface area (Å²) in [6.45, 7) is 3.24. The standard InChI is InChI=1S/C26H45NO/c1-3-4-5-6-7-8-9-10-11-12-13-14-15-16-17-18-23-27-24-25-19-21-26(28-2)22-20-25/h19-22,24H,3-18,23H2,1-2H3. The Balaban J connectivity index is 1.78. The summed E-state index contributed by atoms with van der Waals surface area (Å²) in [7, 11) is 1.69. The molecule has 0 unspecified atom stereocenters. The highest BCUT2D eigenvalue weighted by Gasteiger charge is 1.95. The van der Waals surface area contributed by atoms with Crippen molar-refractivity contribution < 1.29 is 4.74 Å². The Morgan fingerprint density at radius 1 is 0.643 bits per heavy atom. The molecule has 0 aliphatic carbocycles. The van der Waals surface area contributed by atoms with Crippen LogP contribution in [0.2, 0.25) is 0 Å². The smallest absolute Gasteiger partial charge is 0.118 e. The third kappa shape index (κ3) is 14.7. The van der Waals surface area contributed by atoms with Crippen LogP contribution in [0.5, 0.6) is 5.75 Å². The van der Waals surface area contributed by atoms with Gasteiger partial charge < -0.3 is 4.74 Å². The zero-order valence-corrected chi connectivity index (χ0v) is 18.8. The average Bonchev–Trinajstić information content (AvgIpc) is 2.73. The number of unbranched alkanes of at least 4 members (excludes halogenated alkanes) is 15. The normalized spacial score (nSPS) is 11.4. The molecule has 1 aromatic carbocycles. The van der Waals surface area contributed by atoms with E-state index in [9.17, 15) is 0 Å². The minimum Gasteiger partial charge on any atom is -0.497 e. The number of aliphatic imine (C=N–C) groups is 1. The fourth-order valence-electron chi connectivity index (χ4n) is 3.61. The lowest BCUT2D eigenvalue weighted by atomic mass is 10.0. The van der Waals surface area contributed by atoms with Crippen molar-refractivity contribution in [2.24, 2.45) is 4.99 Å². The molecule has 0 amide bonds. The van der Waals surface area contributed by atoms with Crippen molar-refractivity contribution in [3.8, 4) is 5.75 Å². The maximum absolute atomic E-state index is 5.17. The third-order valence-corrected chi connectivity index (χ3v) is 5.50. The van der Waals surface area contributed by atoms with Crippen LogP contribution in [0.4, 0.5) is 0 Å². The molecule has 0 aliphatic heterocycles. The van der Waals surface area contributed by atoms with Crippen LogP contribution in [-0.4, -0.2) is 19.9 Å². The van der Waals surface area contributed by atoms with E-state index in [0.29, 0.717) is 0 Å². The Morgan fingerprint density at radius 2 is 1.07 bits per heavy atom. The van der Waals surface area contributed by atoms with Crippen LogP contribution in [0, 0.1) is 0 Å². The van der Waals surface area contributed by atoms with Gasteiger partial charge in [-0.1, -0.05) is 103 Å². The van der Waals surface area contributed by atoms with E-state index in [0.717, 1.165) is 17.9 Å². The van der Waals surface area contributed by atoms with E-state index in [2.05, 4.69) is 24.0 Å². The number of rotatable bonds is 19. The van der Waals surface area contributed by atoms with Gasteiger partial charge in [0.2, 0.25) is 0 Å². The van der Waals surface area contributed by atoms with Gasteiger partial charge in [-0.3, -0.25) is 4.99 Å². The third-order valence-electron chi connectivity index (χ3n) is 5.50. The highest BCUT2D eigenvalue weighted by Crippen LogP contribution is 2.14. The topological polar surface area (TPSA) is 21.6 Å². The highest BCUT2D eigenvalue weighted by atomic mass is 16.5. The molecule has 2 nitrogen and oxygen atoms in total. The second kappa shape index (κ2) is 19.0. The van der Waals surface area contributed by atoms with Crippen LogP contribution >= 0.6 is 0 Å². The first-order valence-corrected chi connectivity index (χ1v) is 12.0. The largest absolute Gasteiger partial charge is 0.497 e. The van der Waals surface area contributed by atoms with Gasteiger partial charge in [0.25, 0.3) is 0 Å². The van der Waals surface area contributed by atoms with Crippen molar-refractivity contribution in [3.05, 3.63) is 29.8 Å². The maximum Gasteiger partial charge on any atom is 0.118 e. The molecular formula is C26H45NO. The predicted octanol–water partition coefficient (Wildman–Crippen LogP) is 8.38. The van der Waals surface area contributed by atoms with Gasteiger partial charge in [-0.2, -0.15) is 0 Å². The minimum absolute atomic E-state index is 0.898. The van der Waals surface area contributed by atoms with Crippen LogP contribution in [0.15, 0.2) is 29.3 Å². The van der Waals surface area contributed by atoms with Gasteiger partial charge in [0, 0.05) is 12.8 Å². The number of benzene rings is 1. The molecule has 1 aromatic rings. The van der Waals surface area contributed by atoms with Crippen molar-refractivity contribution in [3.63, 3.8) is 0 Å². The summed E-state index contributed by atoms with van der Waals surface area (Å²) >= 11 is 0. The summed E-state index contributed by atoms with van der Waals surface area (Å²) in [6, 6.07) is 8.07. The van der Waals surface area contributed by atoms with Crippen LogP contribution in [0.1, 0.15) is 115 Å². The fraction of sp³-hybridized carbons (Fsp3) is 0.731. The Hall–Kier alpha value is -1.31. The Kier molecular flexibility index (Phi) is 16.8. The molecule has 0 aliphatic rings. The van der Waals surface area contributed by atoms with Crippen molar-refractivity contribution in [1.29, 1.82) is 0 Å². The zero-order valence-electron chi connectivity index (χ0n) is 18.8. The number of ether oxygens (including phenoxy) is 1. The molecule has 0 radical (unpaired) electrons. The van der Waals surface area contributed by atoms with Gasteiger partial charge in [0.15, 0.2) is 0 Å². The number of hydrogen-bond donors (Lipinski definition) is 0. The number of hydrogen-bond acceptors (Lipinski definition) is 2. The Labute approximate surface area is 175 Å². The van der Waals surface area contributed by atoms with E-state index >= 15 is 0 Å². The van der Waals surface area contributed by atoms with Crippen molar-refractivity contribution >= 4 is 6.21 Å². The molecule has 0 saturated carbocycles. The quantitative estimate of drug-likeness (QED) is 0.172. The van der Waals surface area contributed by atoms with E-state index in [4.69, 9.17) is 4.74 Å². The summed E-state index contributed by atoms with van der Waals surface area (Å²) in [5.74, 6) is 0.898. The molecule has 0 fully saturated rings. The van der Waals surface area contributed by atoms with E-state index < -0.39 is 0 Å². The summed E-state index contributed by atoms with van der Waals surface area (Å²) in [5.41, 5.74) is 1.15. The predicted molar refractivity (Wildman–Crippen MR) is 125 cm³/mol. The molecule has 1 rings (SSSR count). The van der Waals surface area contributed by atoms with Crippen LogP contribution < -0.4 is 4.74 Å². The summed E-state index contributed by atoms with van der Waals surface area (Å²) < 4.78 is 5.17. The first-order chi connectivity index (χ1) is 13.9. The van der Waals surface area contributed by atoms with Crippen LogP contribution in [0.3, 0.4) is 0 Å². The number of methoxy groups -OCH3 is 1. The molecule has 160 valence electrons. The summed E-state index contributed by atoms with van der Waals surface area (Å²) in [6.07, 6.45) is 24.6. The monoisotopic (exact) mass is 387 g/mol. The van der Waals surface area contributed by atoms with E-state index in [1.54, 1.807) is 7.11 Å². The molecule has 28 heavy (non-hydrogen) atoms. The lowest BCUT2D eigenvalue weighted by Crippen LogP contribution is -1.87. The second-order valence-electron chi connectivity index (χ2n) is 8.11.